The third-order valence-corrected chi connectivity index (χ3v) is 8.36. The third-order valence-electron chi connectivity index (χ3n) is 8.36. The zero-order valence-electron chi connectivity index (χ0n) is 24.7. The van der Waals surface area contributed by atoms with Crippen molar-refractivity contribution < 1.29 is 23.9 Å². The number of carbonyl (C=O) groups is 4. The number of nitrogens with one attached hydrogen (secondary N) is 1. The van der Waals surface area contributed by atoms with Crippen molar-refractivity contribution in [1.82, 2.24) is 15.1 Å². The quantitative estimate of drug-likeness (QED) is 0.298. The van der Waals surface area contributed by atoms with Crippen molar-refractivity contribution in [2.24, 2.45) is 0 Å². The summed E-state index contributed by atoms with van der Waals surface area (Å²) < 4.78 is 5.42. The lowest BCUT2D eigenvalue weighted by molar-refractivity contribution is -0.141. The van der Waals surface area contributed by atoms with Crippen molar-refractivity contribution in [3.05, 3.63) is 101 Å². The Bertz CT molecular complexity index is 1420. The number of methoxy groups -OCH3 is 1. The van der Waals surface area contributed by atoms with E-state index in [0.29, 0.717) is 29.7 Å². The minimum absolute atomic E-state index is 0.0827. The Labute approximate surface area is 253 Å². The van der Waals surface area contributed by atoms with Gasteiger partial charge in [0.15, 0.2) is 0 Å². The van der Waals surface area contributed by atoms with Gasteiger partial charge in [0.1, 0.15) is 11.8 Å². The normalized spacial score (nSPS) is 15.6. The number of fused-ring (bicyclic) bond motifs is 1. The molecule has 1 unspecified atom stereocenters. The van der Waals surface area contributed by atoms with Crippen LogP contribution in [-0.4, -0.2) is 59.2 Å². The molecule has 4 amide bonds. The Balaban J connectivity index is 1.37. The third kappa shape index (κ3) is 7.31. The molecule has 1 N–H and O–H groups in total. The van der Waals surface area contributed by atoms with Crippen LogP contribution >= 0.6 is 0 Å². The molecule has 2 aliphatic rings. The molecule has 0 aromatic heterocycles. The second-order valence-electron chi connectivity index (χ2n) is 11.3. The predicted molar refractivity (Wildman–Crippen MR) is 164 cm³/mol. The first-order chi connectivity index (χ1) is 20.9. The van der Waals surface area contributed by atoms with Crippen LogP contribution in [0.5, 0.6) is 5.75 Å². The molecule has 8 heteroatoms. The zero-order chi connectivity index (χ0) is 30.2. The van der Waals surface area contributed by atoms with E-state index < -0.39 is 6.04 Å². The van der Waals surface area contributed by atoms with Gasteiger partial charge in [-0.3, -0.25) is 24.1 Å². The molecule has 3 aromatic carbocycles. The van der Waals surface area contributed by atoms with Crippen LogP contribution in [0.2, 0.25) is 0 Å². The number of hydrogen-bond acceptors (Lipinski definition) is 5. The molecule has 5 rings (SSSR count). The van der Waals surface area contributed by atoms with Gasteiger partial charge in [-0.1, -0.05) is 73.9 Å². The summed E-state index contributed by atoms with van der Waals surface area (Å²) in [6.07, 6.45) is 5.96. The van der Waals surface area contributed by atoms with E-state index in [0.717, 1.165) is 36.8 Å². The summed E-state index contributed by atoms with van der Waals surface area (Å²) in [5.41, 5.74) is 2.58. The second kappa shape index (κ2) is 14.1. The van der Waals surface area contributed by atoms with Crippen LogP contribution in [-0.2, 0) is 22.6 Å². The summed E-state index contributed by atoms with van der Waals surface area (Å²) in [6, 6.07) is 23.4. The lowest BCUT2D eigenvalue weighted by Gasteiger charge is -2.33. The molecule has 0 bridgehead atoms. The summed E-state index contributed by atoms with van der Waals surface area (Å²) >= 11 is 0. The summed E-state index contributed by atoms with van der Waals surface area (Å²) in [4.78, 5) is 56.5. The minimum atomic E-state index is -0.734. The van der Waals surface area contributed by atoms with Gasteiger partial charge in [-0.15, -0.1) is 0 Å². The van der Waals surface area contributed by atoms with Gasteiger partial charge in [-0.2, -0.15) is 0 Å². The van der Waals surface area contributed by atoms with E-state index in [1.807, 2.05) is 54.6 Å². The number of imide groups is 1. The summed E-state index contributed by atoms with van der Waals surface area (Å²) in [5.74, 6) is -0.376. The fourth-order valence-electron chi connectivity index (χ4n) is 6.04. The first-order valence-corrected chi connectivity index (χ1v) is 15.2. The van der Waals surface area contributed by atoms with E-state index in [2.05, 4.69) is 5.32 Å². The van der Waals surface area contributed by atoms with Gasteiger partial charge >= 0.3 is 0 Å². The highest BCUT2D eigenvalue weighted by Gasteiger charge is 2.36. The maximum atomic E-state index is 14.0. The van der Waals surface area contributed by atoms with E-state index in [4.69, 9.17) is 4.74 Å². The summed E-state index contributed by atoms with van der Waals surface area (Å²) in [6.45, 7) is 0.349. The summed E-state index contributed by atoms with van der Waals surface area (Å²) in [7, 11) is 1.59. The monoisotopic (exact) mass is 581 g/mol. The molecule has 1 aliphatic carbocycles. The molecule has 224 valence electrons. The Morgan fingerprint density at radius 2 is 1.53 bits per heavy atom. The Morgan fingerprint density at radius 1 is 0.884 bits per heavy atom. The molecule has 43 heavy (non-hydrogen) atoms. The van der Waals surface area contributed by atoms with Crippen molar-refractivity contribution in [2.75, 3.05) is 13.7 Å². The van der Waals surface area contributed by atoms with Crippen LogP contribution in [0, 0.1) is 0 Å². The minimum Gasteiger partial charge on any atom is -0.497 e. The first kappa shape index (κ1) is 30.0. The number of carbonyl (C=O) groups excluding carboxylic acids is 4. The van der Waals surface area contributed by atoms with Crippen LogP contribution in [0.3, 0.4) is 0 Å². The highest BCUT2D eigenvalue weighted by Crippen LogP contribution is 2.24. The SMILES string of the molecule is COc1cccc(CN(C(=O)CCCN2C(=O)c3ccccc3C2=O)C(Cc2ccccc2)C(=O)NC2CCCCC2)c1. The van der Waals surface area contributed by atoms with Crippen molar-refractivity contribution >= 4 is 23.6 Å². The van der Waals surface area contributed by atoms with Gasteiger partial charge in [-0.05, 0) is 54.7 Å². The van der Waals surface area contributed by atoms with Crippen LogP contribution in [0.15, 0.2) is 78.9 Å². The van der Waals surface area contributed by atoms with E-state index in [1.54, 1.807) is 36.3 Å². The molecule has 0 radical (unpaired) electrons. The molecule has 1 atom stereocenters. The average Bonchev–Trinajstić information content (AvgIpc) is 3.28. The Morgan fingerprint density at radius 3 is 2.21 bits per heavy atom. The molecule has 8 nitrogen and oxygen atoms in total. The van der Waals surface area contributed by atoms with Gasteiger partial charge in [0.25, 0.3) is 11.8 Å². The van der Waals surface area contributed by atoms with Crippen LogP contribution in [0.25, 0.3) is 0 Å². The van der Waals surface area contributed by atoms with Crippen molar-refractivity contribution in [3.8, 4) is 5.75 Å². The van der Waals surface area contributed by atoms with Crippen LogP contribution in [0.1, 0.15) is 76.8 Å². The number of nitrogens with zero attached hydrogens (tertiary/aromatic N) is 2. The van der Waals surface area contributed by atoms with Gasteiger partial charge < -0.3 is 15.0 Å². The van der Waals surface area contributed by atoms with Gasteiger partial charge in [-0.25, -0.2) is 0 Å². The van der Waals surface area contributed by atoms with Gasteiger partial charge in [0.05, 0.1) is 18.2 Å². The fraction of sp³-hybridized carbons (Fsp3) is 0.371. The van der Waals surface area contributed by atoms with Crippen LogP contribution in [0.4, 0.5) is 0 Å². The maximum absolute atomic E-state index is 14.0. The summed E-state index contributed by atoms with van der Waals surface area (Å²) in [5, 5.41) is 3.25. The number of amides is 4. The molecule has 1 saturated carbocycles. The van der Waals surface area contributed by atoms with Crippen molar-refractivity contribution in [2.45, 2.75) is 70.0 Å². The highest BCUT2D eigenvalue weighted by atomic mass is 16.5. The fourth-order valence-corrected chi connectivity index (χ4v) is 6.04. The highest BCUT2D eigenvalue weighted by molar-refractivity contribution is 6.21. The molecular formula is C35H39N3O5. The maximum Gasteiger partial charge on any atom is 0.261 e. The number of hydrogen-bond donors (Lipinski definition) is 1. The van der Waals surface area contributed by atoms with Gasteiger partial charge in [0, 0.05) is 32.0 Å². The number of ether oxygens (including phenoxy) is 1. The van der Waals surface area contributed by atoms with E-state index in [1.165, 1.54) is 11.3 Å². The van der Waals surface area contributed by atoms with E-state index in [-0.39, 0.29) is 49.2 Å². The van der Waals surface area contributed by atoms with E-state index in [9.17, 15) is 19.2 Å². The predicted octanol–water partition coefficient (Wildman–Crippen LogP) is 5.16. The molecule has 3 aromatic rings. The Kier molecular flexibility index (Phi) is 9.87. The lowest BCUT2D eigenvalue weighted by atomic mass is 9.94. The topological polar surface area (TPSA) is 96.0 Å². The molecule has 1 heterocycles. The Hall–Kier alpha value is -4.46. The van der Waals surface area contributed by atoms with Crippen molar-refractivity contribution in [3.63, 3.8) is 0 Å². The van der Waals surface area contributed by atoms with Gasteiger partial charge in [0.2, 0.25) is 11.8 Å². The lowest BCUT2D eigenvalue weighted by Crippen LogP contribution is -2.52. The number of benzene rings is 3. The molecular weight excluding hydrogens is 542 g/mol. The largest absolute Gasteiger partial charge is 0.497 e. The molecule has 1 aliphatic heterocycles. The van der Waals surface area contributed by atoms with Crippen molar-refractivity contribution in [1.29, 1.82) is 0 Å². The molecule has 0 saturated heterocycles. The smallest absolute Gasteiger partial charge is 0.261 e. The van der Waals surface area contributed by atoms with Crippen LogP contribution < -0.4 is 10.1 Å². The first-order valence-electron chi connectivity index (χ1n) is 15.2. The number of rotatable bonds is 12. The average molecular weight is 582 g/mol. The standard InChI is InChI=1S/C35H39N3O5/c1-43-28-17-10-14-26(22-28)24-38(32(39)20-11-21-37-34(41)29-18-8-9-19-30(29)35(37)42)31(23-25-12-4-2-5-13-25)33(40)36-27-15-6-3-7-16-27/h2,4-5,8-10,12-14,17-19,22,27,31H,3,6-7,11,15-16,20-21,23-24H2,1H3,(H,36,40). The second-order valence-corrected chi connectivity index (χ2v) is 11.3. The molecule has 1 fully saturated rings. The van der Waals surface area contributed by atoms with E-state index >= 15 is 0 Å². The zero-order valence-corrected chi connectivity index (χ0v) is 24.7. The molecule has 0 spiro atoms.